The van der Waals surface area contributed by atoms with Crippen molar-refractivity contribution in [2.75, 3.05) is 6.54 Å². The van der Waals surface area contributed by atoms with Gasteiger partial charge < -0.3 is 5.32 Å². The Hall–Kier alpha value is -2.33. The molecule has 4 heteroatoms. The van der Waals surface area contributed by atoms with Crippen LogP contribution >= 0.6 is 0 Å². The van der Waals surface area contributed by atoms with Gasteiger partial charge in [0.1, 0.15) is 6.33 Å². The normalized spacial score (nSPS) is 12.4. The van der Waals surface area contributed by atoms with Crippen molar-refractivity contribution < 1.29 is 0 Å². The zero-order chi connectivity index (χ0) is 13.8. The van der Waals surface area contributed by atoms with Gasteiger partial charge in [-0.05, 0) is 30.3 Å². The van der Waals surface area contributed by atoms with E-state index in [0.29, 0.717) is 0 Å². The van der Waals surface area contributed by atoms with Crippen LogP contribution in [-0.2, 0) is 0 Å². The lowest BCUT2D eigenvalue weighted by molar-refractivity contribution is 0.614. The smallest absolute Gasteiger partial charge is 0.115 e. The van der Waals surface area contributed by atoms with Crippen LogP contribution in [0, 0.1) is 0 Å². The molecular formula is C16H16N4. The molecule has 0 aliphatic heterocycles. The van der Waals surface area contributed by atoms with E-state index in [2.05, 4.69) is 51.5 Å². The first kappa shape index (κ1) is 12.7. The van der Waals surface area contributed by atoms with Crippen molar-refractivity contribution in [2.45, 2.75) is 13.0 Å². The molecule has 1 N–H and O–H groups in total. The average molecular weight is 264 g/mol. The summed E-state index contributed by atoms with van der Waals surface area (Å²) in [6.07, 6.45) is 5.17. The van der Waals surface area contributed by atoms with Crippen LogP contribution in [0.15, 0.2) is 55.1 Å². The molecule has 1 atom stereocenters. The molecule has 0 radical (unpaired) electrons. The molecule has 0 bridgehead atoms. The van der Waals surface area contributed by atoms with Crippen molar-refractivity contribution in [2.24, 2.45) is 0 Å². The summed E-state index contributed by atoms with van der Waals surface area (Å²) in [6, 6.07) is 12.4. The minimum absolute atomic E-state index is 0.0643. The Bertz CT molecular complexity index is 697. The van der Waals surface area contributed by atoms with Gasteiger partial charge in [0.15, 0.2) is 0 Å². The third-order valence-electron chi connectivity index (χ3n) is 3.27. The maximum Gasteiger partial charge on any atom is 0.115 e. The number of rotatable bonds is 4. The third-order valence-corrected chi connectivity index (χ3v) is 3.27. The number of hydrogen-bond donors (Lipinski definition) is 1. The quantitative estimate of drug-likeness (QED) is 0.787. The lowest BCUT2D eigenvalue weighted by Crippen LogP contribution is -2.23. The van der Waals surface area contributed by atoms with E-state index in [0.717, 1.165) is 28.7 Å². The first-order valence-electron chi connectivity index (χ1n) is 6.72. The summed E-state index contributed by atoms with van der Waals surface area (Å²) in [6.45, 7) is 2.96. The number of nitrogens with one attached hydrogen (secondary N) is 1. The van der Waals surface area contributed by atoms with Crippen LogP contribution in [0.25, 0.3) is 10.9 Å². The van der Waals surface area contributed by atoms with Crippen molar-refractivity contribution in [3.05, 3.63) is 66.4 Å². The van der Waals surface area contributed by atoms with Gasteiger partial charge in [-0.25, -0.2) is 9.97 Å². The lowest BCUT2D eigenvalue weighted by atomic mass is 10.0. The van der Waals surface area contributed by atoms with Crippen LogP contribution in [0.1, 0.15) is 24.2 Å². The number of aromatic nitrogens is 3. The van der Waals surface area contributed by atoms with Gasteiger partial charge in [-0.15, -0.1) is 0 Å². The number of hydrogen-bond acceptors (Lipinski definition) is 4. The zero-order valence-electron chi connectivity index (χ0n) is 11.3. The predicted molar refractivity (Wildman–Crippen MR) is 79.3 cm³/mol. The van der Waals surface area contributed by atoms with E-state index in [1.165, 1.54) is 0 Å². The zero-order valence-corrected chi connectivity index (χ0v) is 11.3. The molecule has 0 fully saturated rings. The molecule has 0 aliphatic rings. The Morgan fingerprint density at radius 2 is 2.05 bits per heavy atom. The second-order valence-electron chi connectivity index (χ2n) is 4.58. The average Bonchev–Trinajstić information content (AvgIpc) is 2.53. The molecule has 3 rings (SSSR count). The van der Waals surface area contributed by atoms with Gasteiger partial charge in [0.2, 0.25) is 0 Å². The number of benzene rings is 1. The van der Waals surface area contributed by atoms with E-state index >= 15 is 0 Å². The molecule has 2 aromatic heterocycles. The van der Waals surface area contributed by atoms with E-state index in [4.69, 9.17) is 0 Å². The van der Waals surface area contributed by atoms with Gasteiger partial charge in [0.05, 0.1) is 17.3 Å². The second-order valence-corrected chi connectivity index (χ2v) is 4.58. The van der Waals surface area contributed by atoms with Crippen LogP contribution < -0.4 is 5.32 Å². The van der Waals surface area contributed by atoms with Crippen LogP contribution in [0.3, 0.4) is 0 Å². The van der Waals surface area contributed by atoms with Gasteiger partial charge in [-0.2, -0.15) is 0 Å². The van der Waals surface area contributed by atoms with Crippen molar-refractivity contribution in [1.29, 1.82) is 0 Å². The standard InChI is InChI=1S/C16H16N4/c1-2-18-16(14-7-9-17-11-20-14)13-6-5-12-4-3-8-19-15(12)10-13/h3-11,16,18H,2H2,1H3. The number of pyridine rings is 1. The Balaban J connectivity index is 2.05. The summed E-state index contributed by atoms with van der Waals surface area (Å²) in [7, 11) is 0. The summed E-state index contributed by atoms with van der Waals surface area (Å²) in [5.74, 6) is 0. The van der Waals surface area contributed by atoms with Gasteiger partial charge >= 0.3 is 0 Å². The molecule has 0 spiro atoms. The maximum atomic E-state index is 4.42. The molecule has 3 aromatic rings. The summed E-state index contributed by atoms with van der Waals surface area (Å²) < 4.78 is 0. The fraction of sp³-hybridized carbons (Fsp3) is 0.188. The predicted octanol–water partition coefficient (Wildman–Crippen LogP) is 2.72. The molecule has 2 heterocycles. The van der Waals surface area contributed by atoms with Crippen molar-refractivity contribution in [3.63, 3.8) is 0 Å². The Kier molecular flexibility index (Phi) is 3.65. The molecule has 1 aromatic carbocycles. The molecule has 20 heavy (non-hydrogen) atoms. The first-order chi connectivity index (χ1) is 9.88. The van der Waals surface area contributed by atoms with E-state index in [-0.39, 0.29) is 6.04 Å². The van der Waals surface area contributed by atoms with Gasteiger partial charge in [0.25, 0.3) is 0 Å². The second kappa shape index (κ2) is 5.75. The molecule has 0 aliphatic carbocycles. The lowest BCUT2D eigenvalue weighted by Gasteiger charge is -2.18. The van der Waals surface area contributed by atoms with Gasteiger partial charge in [-0.1, -0.05) is 25.1 Å². The molecule has 0 amide bonds. The monoisotopic (exact) mass is 264 g/mol. The molecule has 4 nitrogen and oxygen atoms in total. The van der Waals surface area contributed by atoms with E-state index in [1.807, 2.05) is 18.3 Å². The van der Waals surface area contributed by atoms with E-state index < -0.39 is 0 Å². The molecule has 1 unspecified atom stereocenters. The minimum atomic E-state index is 0.0643. The SMILES string of the molecule is CCNC(c1ccc2cccnc2c1)c1ccncn1. The fourth-order valence-corrected chi connectivity index (χ4v) is 2.33. The van der Waals surface area contributed by atoms with Crippen molar-refractivity contribution in [1.82, 2.24) is 20.3 Å². The summed E-state index contributed by atoms with van der Waals surface area (Å²) in [5, 5.41) is 4.61. The summed E-state index contributed by atoms with van der Waals surface area (Å²) in [4.78, 5) is 12.8. The summed E-state index contributed by atoms with van der Waals surface area (Å²) >= 11 is 0. The van der Waals surface area contributed by atoms with E-state index in [9.17, 15) is 0 Å². The number of fused-ring (bicyclic) bond motifs is 1. The molecule has 100 valence electrons. The third kappa shape index (κ3) is 2.51. The van der Waals surface area contributed by atoms with Crippen LogP contribution in [0.2, 0.25) is 0 Å². The fourth-order valence-electron chi connectivity index (χ4n) is 2.33. The molecular weight excluding hydrogens is 248 g/mol. The van der Waals surface area contributed by atoms with Gasteiger partial charge in [-0.3, -0.25) is 4.98 Å². The maximum absolute atomic E-state index is 4.42. The molecule has 0 saturated heterocycles. The van der Waals surface area contributed by atoms with Crippen LogP contribution in [-0.4, -0.2) is 21.5 Å². The van der Waals surface area contributed by atoms with Crippen molar-refractivity contribution in [3.8, 4) is 0 Å². The summed E-state index contributed by atoms with van der Waals surface area (Å²) in [5.41, 5.74) is 3.14. The van der Waals surface area contributed by atoms with Crippen LogP contribution in [0.4, 0.5) is 0 Å². The topological polar surface area (TPSA) is 50.7 Å². The Morgan fingerprint density at radius 3 is 2.85 bits per heavy atom. The van der Waals surface area contributed by atoms with Gasteiger partial charge in [0, 0.05) is 17.8 Å². The van der Waals surface area contributed by atoms with Crippen molar-refractivity contribution >= 4 is 10.9 Å². The highest BCUT2D eigenvalue weighted by Crippen LogP contribution is 2.23. The highest BCUT2D eigenvalue weighted by molar-refractivity contribution is 5.79. The highest BCUT2D eigenvalue weighted by atomic mass is 14.9. The van der Waals surface area contributed by atoms with E-state index in [1.54, 1.807) is 12.5 Å². The minimum Gasteiger partial charge on any atom is -0.305 e. The molecule has 0 saturated carbocycles. The van der Waals surface area contributed by atoms with Crippen LogP contribution in [0.5, 0.6) is 0 Å². The Morgan fingerprint density at radius 1 is 1.10 bits per heavy atom. The highest BCUT2D eigenvalue weighted by Gasteiger charge is 2.14. The largest absolute Gasteiger partial charge is 0.305 e. The number of nitrogens with zero attached hydrogens (tertiary/aromatic N) is 3. The first-order valence-corrected chi connectivity index (χ1v) is 6.72. The Labute approximate surface area is 117 Å².